The number of halogens is 1. The van der Waals surface area contributed by atoms with E-state index in [1.54, 1.807) is 0 Å². The Bertz CT molecular complexity index is 697. The van der Waals surface area contributed by atoms with Crippen LogP contribution in [0.3, 0.4) is 0 Å². The summed E-state index contributed by atoms with van der Waals surface area (Å²) in [6.45, 7) is 2.92. The number of aromatic nitrogens is 1. The Labute approximate surface area is 144 Å². The Hall–Kier alpha value is -1.53. The Morgan fingerprint density at radius 1 is 1.18 bits per heavy atom. The van der Waals surface area contributed by atoms with Crippen molar-refractivity contribution in [2.75, 3.05) is 13.1 Å². The van der Waals surface area contributed by atoms with E-state index >= 15 is 0 Å². The van der Waals surface area contributed by atoms with E-state index in [2.05, 4.69) is 62.8 Å². The van der Waals surface area contributed by atoms with Crippen molar-refractivity contribution in [3.8, 4) is 0 Å². The van der Waals surface area contributed by atoms with Gasteiger partial charge in [-0.2, -0.15) is 0 Å². The Morgan fingerprint density at radius 2 is 2.00 bits per heavy atom. The summed E-state index contributed by atoms with van der Waals surface area (Å²) in [5, 5.41) is 0. The SMILES string of the molecule is O=Cc1nc(C2=CCN(Cc3ccccc3)CC2)ccc1I. The quantitative estimate of drug-likeness (QED) is 0.575. The summed E-state index contributed by atoms with van der Waals surface area (Å²) < 4.78 is 0.901. The van der Waals surface area contributed by atoms with Gasteiger partial charge < -0.3 is 0 Å². The molecule has 1 aliphatic rings. The summed E-state index contributed by atoms with van der Waals surface area (Å²) in [5.41, 5.74) is 4.05. The van der Waals surface area contributed by atoms with Crippen LogP contribution in [0, 0.1) is 3.57 Å². The van der Waals surface area contributed by atoms with E-state index in [-0.39, 0.29) is 0 Å². The number of aldehydes is 1. The molecule has 2 aromatic rings. The van der Waals surface area contributed by atoms with E-state index < -0.39 is 0 Å². The molecule has 0 atom stereocenters. The average molecular weight is 404 g/mol. The molecule has 0 radical (unpaired) electrons. The number of carbonyl (C=O) groups is 1. The molecule has 0 aliphatic carbocycles. The van der Waals surface area contributed by atoms with Gasteiger partial charge in [0.15, 0.2) is 6.29 Å². The molecule has 1 aromatic heterocycles. The summed E-state index contributed by atoms with van der Waals surface area (Å²) in [6, 6.07) is 14.5. The molecule has 3 nitrogen and oxygen atoms in total. The van der Waals surface area contributed by atoms with Crippen LogP contribution in [-0.4, -0.2) is 29.3 Å². The zero-order valence-electron chi connectivity index (χ0n) is 12.2. The first-order valence-corrected chi connectivity index (χ1v) is 8.41. The smallest absolute Gasteiger partial charge is 0.169 e. The Balaban J connectivity index is 1.70. The molecule has 0 N–H and O–H groups in total. The minimum absolute atomic E-state index is 0.533. The predicted octanol–water partition coefficient (Wildman–Crippen LogP) is 3.79. The lowest BCUT2D eigenvalue weighted by Gasteiger charge is -2.26. The average Bonchev–Trinajstić information content (AvgIpc) is 2.57. The molecule has 0 saturated carbocycles. The molecule has 0 saturated heterocycles. The Morgan fingerprint density at radius 3 is 2.68 bits per heavy atom. The van der Waals surface area contributed by atoms with E-state index in [9.17, 15) is 4.79 Å². The van der Waals surface area contributed by atoms with Gasteiger partial charge in [-0.15, -0.1) is 0 Å². The van der Waals surface area contributed by atoms with E-state index in [0.717, 1.165) is 41.6 Å². The first-order valence-electron chi connectivity index (χ1n) is 7.33. The summed E-state index contributed by atoms with van der Waals surface area (Å²) in [5.74, 6) is 0. The van der Waals surface area contributed by atoms with E-state index in [1.165, 1.54) is 11.1 Å². The minimum atomic E-state index is 0.533. The van der Waals surface area contributed by atoms with Crippen molar-refractivity contribution in [1.82, 2.24) is 9.88 Å². The highest BCUT2D eigenvalue weighted by molar-refractivity contribution is 14.1. The van der Waals surface area contributed by atoms with Gasteiger partial charge in [-0.1, -0.05) is 36.4 Å². The van der Waals surface area contributed by atoms with Gasteiger partial charge >= 0.3 is 0 Å². The fourth-order valence-electron chi connectivity index (χ4n) is 2.65. The molecule has 0 fully saturated rings. The highest BCUT2D eigenvalue weighted by Gasteiger charge is 2.15. The highest BCUT2D eigenvalue weighted by Crippen LogP contribution is 2.23. The number of carbonyl (C=O) groups excluding carboxylic acids is 1. The maximum atomic E-state index is 11.0. The van der Waals surface area contributed by atoms with Crippen LogP contribution in [0.15, 0.2) is 48.5 Å². The molecule has 3 rings (SSSR count). The minimum Gasteiger partial charge on any atom is -0.296 e. The van der Waals surface area contributed by atoms with Crippen molar-refractivity contribution in [2.24, 2.45) is 0 Å². The van der Waals surface area contributed by atoms with Crippen molar-refractivity contribution in [3.05, 3.63) is 69.1 Å². The van der Waals surface area contributed by atoms with E-state index in [1.807, 2.05) is 18.2 Å². The first kappa shape index (κ1) is 15.4. The lowest BCUT2D eigenvalue weighted by Crippen LogP contribution is -2.28. The largest absolute Gasteiger partial charge is 0.296 e. The molecule has 22 heavy (non-hydrogen) atoms. The van der Waals surface area contributed by atoms with Crippen LogP contribution in [0.25, 0.3) is 5.57 Å². The van der Waals surface area contributed by atoms with Gasteiger partial charge in [0, 0.05) is 23.2 Å². The number of benzene rings is 1. The summed E-state index contributed by atoms with van der Waals surface area (Å²) >= 11 is 2.14. The molecule has 0 unspecified atom stereocenters. The molecule has 1 aromatic carbocycles. The number of hydrogen-bond acceptors (Lipinski definition) is 3. The molecule has 2 heterocycles. The topological polar surface area (TPSA) is 33.2 Å². The van der Waals surface area contributed by atoms with Crippen LogP contribution in [0.5, 0.6) is 0 Å². The molecule has 1 aliphatic heterocycles. The van der Waals surface area contributed by atoms with Gasteiger partial charge in [0.05, 0.1) is 5.69 Å². The molecule has 0 amide bonds. The van der Waals surface area contributed by atoms with Gasteiger partial charge in [-0.3, -0.25) is 9.69 Å². The van der Waals surface area contributed by atoms with E-state index in [0.29, 0.717) is 5.69 Å². The Kier molecular flexibility index (Phi) is 5.00. The standard InChI is InChI=1S/C18H17IN2O/c19-16-6-7-17(20-18(16)13-22)15-8-10-21(11-9-15)12-14-4-2-1-3-5-14/h1-8,13H,9-12H2. The van der Waals surface area contributed by atoms with Crippen LogP contribution in [0.1, 0.15) is 28.2 Å². The number of hydrogen-bond donors (Lipinski definition) is 0. The fraction of sp³-hybridized carbons (Fsp3) is 0.222. The molecular weight excluding hydrogens is 387 g/mol. The fourth-order valence-corrected chi connectivity index (χ4v) is 3.08. The normalized spacial score (nSPS) is 15.4. The summed E-state index contributed by atoms with van der Waals surface area (Å²) in [6.07, 6.45) is 4.03. The molecule has 4 heteroatoms. The third-order valence-electron chi connectivity index (χ3n) is 3.86. The molecular formula is C18H17IN2O. The molecule has 0 bridgehead atoms. The summed E-state index contributed by atoms with van der Waals surface area (Å²) in [4.78, 5) is 17.9. The van der Waals surface area contributed by atoms with Gasteiger partial charge in [0.1, 0.15) is 5.69 Å². The van der Waals surface area contributed by atoms with Crippen molar-refractivity contribution < 1.29 is 4.79 Å². The second kappa shape index (κ2) is 7.15. The van der Waals surface area contributed by atoms with Gasteiger partial charge in [-0.05, 0) is 52.3 Å². The van der Waals surface area contributed by atoms with Crippen molar-refractivity contribution in [3.63, 3.8) is 0 Å². The van der Waals surface area contributed by atoms with Crippen LogP contribution in [-0.2, 0) is 6.54 Å². The van der Waals surface area contributed by atoms with Crippen LogP contribution >= 0.6 is 22.6 Å². The maximum Gasteiger partial charge on any atom is 0.169 e. The van der Waals surface area contributed by atoms with Gasteiger partial charge in [0.25, 0.3) is 0 Å². The number of rotatable bonds is 4. The third kappa shape index (κ3) is 3.62. The van der Waals surface area contributed by atoms with Crippen molar-refractivity contribution in [2.45, 2.75) is 13.0 Å². The lowest BCUT2D eigenvalue weighted by atomic mass is 10.0. The highest BCUT2D eigenvalue weighted by atomic mass is 127. The van der Waals surface area contributed by atoms with Crippen molar-refractivity contribution in [1.29, 1.82) is 0 Å². The first-order chi connectivity index (χ1) is 10.8. The third-order valence-corrected chi connectivity index (χ3v) is 4.77. The number of nitrogens with zero attached hydrogens (tertiary/aromatic N) is 2. The van der Waals surface area contributed by atoms with Gasteiger partial charge in [-0.25, -0.2) is 4.98 Å². The van der Waals surface area contributed by atoms with Crippen LogP contribution in [0.4, 0.5) is 0 Å². The number of pyridine rings is 1. The maximum absolute atomic E-state index is 11.0. The lowest BCUT2D eigenvalue weighted by molar-refractivity contribution is 0.111. The monoisotopic (exact) mass is 404 g/mol. The second-order valence-corrected chi connectivity index (χ2v) is 6.54. The molecule has 0 spiro atoms. The predicted molar refractivity (Wildman–Crippen MR) is 96.7 cm³/mol. The van der Waals surface area contributed by atoms with Crippen molar-refractivity contribution >= 4 is 34.5 Å². The summed E-state index contributed by atoms with van der Waals surface area (Å²) in [7, 11) is 0. The zero-order chi connectivity index (χ0) is 15.4. The van der Waals surface area contributed by atoms with E-state index in [4.69, 9.17) is 0 Å². The molecule has 112 valence electrons. The van der Waals surface area contributed by atoms with Crippen LogP contribution in [0.2, 0.25) is 0 Å². The van der Waals surface area contributed by atoms with Crippen LogP contribution < -0.4 is 0 Å². The van der Waals surface area contributed by atoms with Gasteiger partial charge in [0.2, 0.25) is 0 Å². The second-order valence-electron chi connectivity index (χ2n) is 5.38. The zero-order valence-corrected chi connectivity index (χ0v) is 14.4.